The molecule has 0 saturated carbocycles. The number of carbonyl (C=O) groups excluding carboxylic acids is 2. The van der Waals surface area contributed by atoms with Crippen molar-refractivity contribution in [3.63, 3.8) is 0 Å². The molecular formula is C39H22F13N5O2. The molecule has 0 aliphatic carbocycles. The van der Waals surface area contributed by atoms with Crippen molar-refractivity contribution in [3.8, 4) is 22.5 Å². The summed E-state index contributed by atoms with van der Waals surface area (Å²) in [5, 5.41) is 0. The Balaban J connectivity index is 0.000000236. The summed E-state index contributed by atoms with van der Waals surface area (Å²) < 4.78 is 174. The number of ketones is 2. The number of pyridine rings is 1. The SMILES string of the molecule is Fc1cc(F)cc(-c2nc(N3CCN(c4ncccc4C(F)(F)F)CC3)[nH]c2-c2cc(F)c(F)c(F)c2)c1.O=C(C(=O)c1cc(F)c(F)c(F)c1)c1cc(F)cc(F)c1. The molecule has 1 fully saturated rings. The fraction of sp³-hybridized carbons (Fsp3) is 0.128. The summed E-state index contributed by atoms with van der Waals surface area (Å²) in [6.45, 7) is 0.591. The van der Waals surface area contributed by atoms with Gasteiger partial charge in [-0.25, -0.2) is 53.9 Å². The number of hydrogen-bond acceptors (Lipinski definition) is 6. The summed E-state index contributed by atoms with van der Waals surface area (Å²) in [5.41, 5.74) is -2.56. The topological polar surface area (TPSA) is 82.2 Å². The molecule has 0 radical (unpaired) electrons. The summed E-state index contributed by atoms with van der Waals surface area (Å²) in [4.78, 5) is 37.7. The Morgan fingerprint density at radius 2 is 1.03 bits per heavy atom. The Morgan fingerprint density at radius 1 is 0.576 bits per heavy atom. The molecule has 3 heterocycles. The van der Waals surface area contributed by atoms with E-state index in [4.69, 9.17) is 0 Å². The van der Waals surface area contributed by atoms with Gasteiger partial charge in [-0.05, 0) is 60.7 Å². The Morgan fingerprint density at radius 3 is 1.54 bits per heavy atom. The van der Waals surface area contributed by atoms with Crippen LogP contribution in [0, 0.1) is 58.2 Å². The van der Waals surface area contributed by atoms with Crippen molar-refractivity contribution in [1.29, 1.82) is 0 Å². The molecule has 6 aromatic rings. The second-order valence-corrected chi connectivity index (χ2v) is 12.6. The molecule has 1 aliphatic heterocycles. The number of anilines is 2. The third kappa shape index (κ3) is 9.21. The van der Waals surface area contributed by atoms with Gasteiger partial charge in [0.05, 0.1) is 17.0 Å². The maximum absolute atomic E-state index is 14.0. The fourth-order valence-corrected chi connectivity index (χ4v) is 5.95. The van der Waals surface area contributed by atoms with Crippen molar-refractivity contribution >= 4 is 23.3 Å². The number of benzene rings is 4. The lowest BCUT2D eigenvalue weighted by atomic mass is 10.0. The van der Waals surface area contributed by atoms with Gasteiger partial charge in [-0.1, -0.05) is 0 Å². The number of Topliss-reactive ketones (excluding diaryl/α,β-unsaturated/α-hetero) is 2. The molecule has 1 saturated heterocycles. The first-order chi connectivity index (χ1) is 27.8. The zero-order valence-corrected chi connectivity index (χ0v) is 29.4. The van der Waals surface area contributed by atoms with Crippen LogP contribution in [0.1, 0.15) is 26.3 Å². The van der Waals surface area contributed by atoms with E-state index in [0.717, 1.165) is 18.2 Å². The summed E-state index contributed by atoms with van der Waals surface area (Å²) in [5.74, 6) is -16.6. The number of halogens is 13. The molecule has 306 valence electrons. The van der Waals surface area contributed by atoms with E-state index in [2.05, 4.69) is 15.0 Å². The van der Waals surface area contributed by atoms with Gasteiger partial charge in [-0.2, -0.15) is 13.2 Å². The number of nitrogens with one attached hydrogen (secondary N) is 1. The Kier molecular flexibility index (Phi) is 11.8. The first kappa shape index (κ1) is 41.9. The molecule has 20 heteroatoms. The lowest BCUT2D eigenvalue weighted by Crippen LogP contribution is -2.47. The molecule has 0 amide bonds. The zero-order chi connectivity index (χ0) is 42.9. The second-order valence-electron chi connectivity index (χ2n) is 12.6. The standard InChI is InChI=1S/C25H17F8N5.C14H5F5O2/c26-15-8-13(9-16(27)12-15)21-22(14-10-18(28)20(30)19(29)11-14)36-24(35-21)38-6-4-37(5-7-38)23-17(25(31,32)33)2-1-3-34-23;15-8-1-6(2-9(16)5-8)13(20)14(21)7-3-10(17)12(19)11(18)4-7/h1-3,8-12H,4-7H2,(H,35,36);1-5H. The first-order valence-corrected chi connectivity index (χ1v) is 16.7. The minimum Gasteiger partial charge on any atom is -0.353 e. The van der Waals surface area contributed by atoms with Gasteiger partial charge in [0.25, 0.3) is 0 Å². The molecule has 1 N–H and O–H groups in total. The number of nitrogens with zero attached hydrogens (tertiary/aromatic N) is 4. The van der Waals surface area contributed by atoms with Crippen molar-refractivity contribution in [3.05, 3.63) is 154 Å². The number of hydrogen-bond donors (Lipinski definition) is 1. The van der Waals surface area contributed by atoms with Crippen molar-refractivity contribution in [2.45, 2.75) is 6.18 Å². The molecule has 0 spiro atoms. The highest BCUT2D eigenvalue weighted by atomic mass is 19.4. The molecular weight excluding hydrogens is 817 g/mol. The minimum absolute atomic E-state index is 0.0330. The third-order valence-electron chi connectivity index (χ3n) is 8.65. The van der Waals surface area contributed by atoms with E-state index in [-0.39, 0.29) is 60.5 Å². The van der Waals surface area contributed by atoms with Crippen molar-refractivity contribution in [2.24, 2.45) is 0 Å². The van der Waals surface area contributed by atoms with E-state index in [0.29, 0.717) is 48.5 Å². The largest absolute Gasteiger partial charge is 0.419 e. The highest BCUT2D eigenvalue weighted by Crippen LogP contribution is 2.37. The van der Waals surface area contributed by atoms with Crippen molar-refractivity contribution in [1.82, 2.24) is 15.0 Å². The molecule has 0 unspecified atom stereocenters. The number of alkyl halides is 3. The van der Waals surface area contributed by atoms with Crippen LogP contribution in [0.25, 0.3) is 22.5 Å². The van der Waals surface area contributed by atoms with Crippen molar-refractivity contribution in [2.75, 3.05) is 36.0 Å². The van der Waals surface area contributed by atoms with Gasteiger partial charge in [-0.15, -0.1) is 0 Å². The number of piperazine rings is 1. The number of aromatic nitrogens is 3. The van der Waals surface area contributed by atoms with Crippen LogP contribution in [0.4, 0.5) is 68.8 Å². The van der Waals surface area contributed by atoms with Gasteiger partial charge < -0.3 is 14.8 Å². The highest BCUT2D eigenvalue weighted by molar-refractivity contribution is 6.49. The van der Waals surface area contributed by atoms with Crippen LogP contribution in [-0.2, 0) is 6.18 Å². The summed E-state index contributed by atoms with van der Waals surface area (Å²) in [7, 11) is 0. The van der Waals surface area contributed by atoms with Gasteiger partial charge >= 0.3 is 6.18 Å². The van der Waals surface area contributed by atoms with Crippen LogP contribution in [0.15, 0.2) is 79.0 Å². The Bertz CT molecular complexity index is 2500. The quantitative estimate of drug-likeness (QED) is 0.0747. The third-order valence-corrected chi connectivity index (χ3v) is 8.65. The van der Waals surface area contributed by atoms with Gasteiger partial charge in [-0.3, -0.25) is 9.59 Å². The van der Waals surface area contributed by atoms with Gasteiger partial charge in [0.1, 0.15) is 29.1 Å². The van der Waals surface area contributed by atoms with E-state index < -0.39 is 92.6 Å². The predicted octanol–water partition coefficient (Wildman–Crippen LogP) is 9.63. The molecule has 1 aliphatic rings. The van der Waals surface area contributed by atoms with E-state index in [1.807, 2.05) is 0 Å². The molecule has 59 heavy (non-hydrogen) atoms. The average Bonchev–Trinajstić information content (AvgIpc) is 3.63. The Hall–Kier alpha value is -6.73. The number of aromatic amines is 1. The lowest BCUT2D eigenvalue weighted by molar-refractivity contribution is -0.137. The number of H-pyrrole nitrogens is 1. The molecule has 0 bridgehead atoms. The van der Waals surface area contributed by atoms with Gasteiger partial charge in [0, 0.05) is 66.8 Å². The van der Waals surface area contributed by atoms with Crippen LogP contribution in [0.2, 0.25) is 0 Å². The zero-order valence-electron chi connectivity index (χ0n) is 29.4. The normalized spacial score (nSPS) is 13.0. The molecule has 2 aromatic heterocycles. The summed E-state index contributed by atoms with van der Waals surface area (Å²) >= 11 is 0. The van der Waals surface area contributed by atoms with E-state index in [1.54, 1.807) is 4.90 Å². The molecule has 4 aromatic carbocycles. The monoisotopic (exact) mass is 839 g/mol. The molecule has 0 atom stereocenters. The van der Waals surface area contributed by atoms with Gasteiger partial charge in [0.15, 0.2) is 34.9 Å². The number of rotatable bonds is 7. The number of carbonyl (C=O) groups is 2. The summed E-state index contributed by atoms with van der Waals surface area (Å²) in [6.07, 6.45) is -3.33. The van der Waals surface area contributed by atoms with E-state index in [9.17, 15) is 66.7 Å². The first-order valence-electron chi connectivity index (χ1n) is 16.7. The van der Waals surface area contributed by atoms with Crippen LogP contribution in [0.3, 0.4) is 0 Å². The molecule has 7 nitrogen and oxygen atoms in total. The van der Waals surface area contributed by atoms with E-state index >= 15 is 0 Å². The highest BCUT2D eigenvalue weighted by Gasteiger charge is 2.36. The Labute approximate surface area is 323 Å². The molecule has 7 rings (SSSR count). The minimum atomic E-state index is -4.59. The maximum Gasteiger partial charge on any atom is 0.419 e. The smallest absolute Gasteiger partial charge is 0.353 e. The van der Waals surface area contributed by atoms with Crippen LogP contribution in [-0.4, -0.2) is 52.7 Å². The fourth-order valence-electron chi connectivity index (χ4n) is 5.95. The van der Waals surface area contributed by atoms with Gasteiger partial charge in [0.2, 0.25) is 17.5 Å². The van der Waals surface area contributed by atoms with Crippen LogP contribution < -0.4 is 9.80 Å². The lowest BCUT2D eigenvalue weighted by Gasteiger charge is -2.36. The van der Waals surface area contributed by atoms with Crippen LogP contribution >= 0.6 is 0 Å². The summed E-state index contributed by atoms with van der Waals surface area (Å²) in [6, 6.07) is 8.49. The number of imidazole rings is 1. The van der Waals surface area contributed by atoms with E-state index in [1.165, 1.54) is 17.2 Å². The second kappa shape index (κ2) is 16.6. The maximum atomic E-state index is 14.0. The van der Waals surface area contributed by atoms with Crippen molar-refractivity contribution < 1.29 is 66.7 Å². The average molecular weight is 840 g/mol. The van der Waals surface area contributed by atoms with Crippen LogP contribution in [0.5, 0.6) is 0 Å². The predicted molar refractivity (Wildman–Crippen MR) is 184 cm³/mol.